The van der Waals surface area contributed by atoms with Crippen molar-refractivity contribution in [2.45, 2.75) is 57.1 Å². The fraction of sp³-hybridized carbons (Fsp3) is 0.933. The van der Waals surface area contributed by atoms with Crippen molar-refractivity contribution in [3.63, 3.8) is 0 Å². The summed E-state index contributed by atoms with van der Waals surface area (Å²) in [6.45, 7) is 3.46. The van der Waals surface area contributed by atoms with Crippen molar-refractivity contribution in [3.8, 4) is 0 Å². The van der Waals surface area contributed by atoms with Gasteiger partial charge < -0.3 is 15.0 Å². The van der Waals surface area contributed by atoms with Gasteiger partial charge in [-0.25, -0.2) is 0 Å². The molecule has 2 aliphatic heterocycles. The Labute approximate surface area is 115 Å². The number of carbonyl (C=O) groups excluding carboxylic acids is 1. The third-order valence-corrected chi connectivity index (χ3v) is 4.97. The van der Waals surface area contributed by atoms with Crippen LogP contribution in [0.1, 0.15) is 44.9 Å². The van der Waals surface area contributed by atoms with Crippen LogP contribution in [-0.2, 0) is 9.53 Å². The molecule has 1 amide bonds. The highest BCUT2D eigenvalue weighted by molar-refractivity contribution is 5.77. The predicted octanol–water partition coefficient (Wildman–Crippen LogP) is 1.55. The molecule has 4 heteroatoms. The molecule has 1 aliphatic carbocycles. The minimum atomic E-state index is 0.0882. The predicted molar refractivity (Wildman–Crippen MR) is 73.9 cm³/mol. The number of nitrogens with zero attached hydrogens (tertiary/aromatic N) is 1. The van der Waals surface area contributed by atoms with Gasteiger partial charge in [-0.05, 0) is 31.6 Å². The molecule has 0 aromatic rings. The van der Waals surface area contributed by atoms with E-state index >= 15 is 0 Å². The number of fused-ring (bicyclic) bond motifs is 1. The van der Waals surface area contributed by atoms with Gasteiger partial charge in [0.1, 0.15) is 0 Å². The van der Waals surface area contributed by atoms with Gasteiger partial charge >= 0.3 is 0 Å². The summed E-state index contributed by atoms with van der Waals surface area (Å²) in [6, 6.07) is 0.534. The molecule has 0 aromatic heterocycles. The number of morpholine rings is 1. The van der Waals surface area contributed by atoms with Crippen molar-refractivity contribution in [1.82, 2.24) is 10.2 Å². The Bertz CT molecular complexity index is 313. The Morgan fingerprint density at radius 1 is 1.21 bits per heavy atom. The number of amides is 1. The quantitative estimate of drug-likeness (QED) is 0.824. The monoisotopic (exact) mass is 266 g/mol. The number of likely N-dealkylation sites (tertiary alicyclic amines) is 1. The summed E-state index contributed by atoms with van der Waals surface area (Å²) < 4.78 is 5.67. The lowest BCUT2D eigenvalue weighted by Gasteiger charge is -2.44. The number of hydrogen-bond donors (Lipinski definition) is 1. The minimum absolute atomic E-state index is 0.0882. The van der Waals surface area contributed by atoms with Crippen LogP contribution in [0.25, 0.3) is 0 Å². The van der Waals surface area contributed by atoms with E-state index in [-0.39, 0.29) is 6.10 Å². The molecule has 3 unspecified atom stereocenters. The molecule has 2 saturated heterocycles. The fourth-order valence-corrected chi connectivity index (χ4v) is 4.00. The largest absolute Gasteiger partial charge is 0.375 e. The maximum atomic E-state index is 12.5. The SMILES string of the molecule is O=C(CC1CNCCO1)N1CCCC2CCCCC21. The molecule has 19 heavy (non-hydrogen) atoms. The molecule has 4 nitrogen and oxygen atoms in total. The molecule has 2 heterocycles. The summed E-state index contributed by atoms with van der Waals surface area (Å²) in [6.07, 6.45) is 8.38. The first-order valence-corrected chi connectivity index (χ1v) is 7.96. The van der Waals surface area contributed by atoms with Gasteiger partial charge in [0.05, 0.1) is 19.1 Å². The summed E-state index contributed by atoms with van der Waals surface area (Å²) in [5.74, 6) is 1.10. The van der Waals surface area contributed by atoms with Crippen LogP contribution in [0.4, 0.5) is 0 Å². The van der Waals surface area contributed by atoms with E-state index in [2.05, 4.69) is 10.2 Å². The number of piperidine rings is 1. The molecule has 108 valence electrons. The lowest BCUT2D eigenvalue weighted by atomic mass is 9.78. The van der Waals surface area contributed by atoms with Crippen LogP contribution in [0.15, 0.2) is 0 Å². The molecular formula is C15H26N2O2. The second kappa shape index (κ2) is 6.23. The summed E-state index contributed by atoms with van der Waals surface area (Å²) >= 11 is 0. The zero-order chi connectivity index (χ0) is 13.1. The molecule has 0 radical (unpaired) electrons. The Balaban J connectivity index is 1.58. The standard InChI is InChI=1S/C15H26N2O2/c18-15(10-13-11-16-7-9-19-13)17-8-3-5-12-4-1-2-6-14(12)17/h12-14,16H,1-11H2. The van der Waals surface area contributed by atoms with Crippen LogP contribution < -0.4 is 5.32 Å². The zero-order valence-electron chi connectivity index (χ0n) is 11.8. The summed E-state index contributed by atoms with van der Waals surface area (Å²) in [5, 5.41) is 3.30. The first-order valence-electron chi connectivity index (χ1n) is 7.96. The molecule has 3 aliphatic rings. The molecule has 3 rings (SSSR count). The van der Waals surface area contributed by atoms with Gasteiger partial charge in [0.2, 0.25) is 5.91 Å². The van der Waals surface area contributed by atoms with Crippen LogP contribution in [0, 0.1) is 5.92 Å². The van der Waals surface area contributed by atoms with E-state index < -0.39 is 0 Å². The normalized spacial score (nSPS) is 35.8. The van der Waals surface area contributed by atoms with Gasteiger partial charge in [0, 0.05) is 25.7 Å². The highest BCUT2D eigenvalue weighted by Crippen LogP contribution is 2.35. The average Bonchev–Trinajstić information content (AvgIpc) is 2.47. The molecule has 0 bridgehead atoms. The van der Waals surface area contributed by atoms with Crippen molar-refractivity contribution < 1.29 is 9.53 Å². The van der Waals surface area contributed by atoms with Gasteiger partial charge in [-0.3, -0.25) is 4.79 Å². The molecule has 0 spiro atoms. The summed E-state index contributed by atoms with van der Waals surface area (Å²) in [7, 11) is 0. The van der Waals surface area contributed by atoms with Gasteiger partial charge in [-0.1, -0.05) is 12.8 Å². The zero-order valence-corrected chi connectivity index (χ0v) is 11.8. The van der Waals surface area contributed by atoms with E-state index in [1.807, 2.05) is 0 Å². The van der Waals surface area contributed by atoms with Crippen molar-refractivity contribution in [2.75, 3.05) is 26.2 Å². The molecule has 0 aromatic carbocycles. The molecule has 1 N–H and O–H groups in total. The third-order valence-electron chi connectivity index (χ3n) is 4.97. The van der Waals surface area contributed by atoms with Crippen LogP contribution in [0.3, 0.4) is 0 Å². The number of rotatable bonds is 2. The first kappa shape index (κ1) is 13.4. The number of nitrogens with one attached hydrogen (secondary N) is 1. The van der Waals surface area contributed by atoms with Gasteiger partial charge in [-0.15, -0.1) is 0 Å². The van der Waals surface area contributed by atoms with E-state index in [0.29, 0.717) is 18.4 Å². The summed E-state index contributed by atoms with van der Waals surface area (Å²) in [5.41, 5.74) is 0. The Morgan fingerprint density at radius 3 is 2.89 bits per heavy atom. The van der Waals surface area contributed by atoms with E-state index in [1.54, 1.807) is 0 Å². The topological polar surface area (TPSA) is 41.6 Å². The second-order valence-corrected chi connectivity index (χ2v) is 6.24. The number of ether oxygens (including phenoxy) is 1. The average molecular weight is 266 g/mol. The molecule has 1 saturated carbocycles. The molecular weight excluding hydrogens is 240 g/mol. The van der Waals surface area contributed by atoms with E-state index in [4.69, 9.17) is 4.74 Å². The van der Waals surface area contributed by atoms with Gasteiger partial charge in [0.25, 0.3) is 0 Å². The van der Waals surface area contributed by atoms with Crippen molar-refractivity contribution in [2.24, 2.45) is 5.92 Å². The minimum Gasteiger partial charge on any atom is -0.375 e. The number of hydrogen-bond acceptors (Lipinski definition) is 3. The Hall–Kier alpha value is -0.610. The van der Waals surface area contributed by atoms with Crippen LogP contribution in [0.2, 0.25) is 0 Å². The third kappa shape index (κ3) is 3.11. The molecule has 3 fully saturated rings. The summed E-state index contributed by atoms with van der Waals surface area (Å²) in [4.78, 5) is 14.7. The lowest BCUT2D eigenvalue weighted by molar-refractivity contribution is -0.141. The first-order chi connectivity index (χ1) is 9.34. The maximum absolute atomic E-state index is 12.5. The lowest BCUT2D eigenvalue weighted by Crippen LogP contribution is -2.51. The van der Waals surface area contributed by atoms with Gasteiger partial charge in [0.15, 0.2) is 0 Å². The van der Waals surface area contributed by atoms with Crippen molar-refractivity contribution in [3.05, 3.63) is 0 Å². The number of carbonyl (C=O) groups is 1. The van der Waals surface area contributed by atoms with Crippen molar-refractivity contribution >= 4 is 5.91 Å². The smallest absolute Gasteiger partial charge is 0.225 e. The van der Waals surface area contributed by atoms with Crippen LogP contribution in [-0.4, -0.2) is 49.2 Å². The van der Waals surface area contributed by atoms with Gasteiger partial charge in [-0.2, -0.15) is 0 Å². The van der Waals surface area contributed by atoms with Crippen molar-refractivity contribution in [1.29, 1.82) is 0 Å². The second-order valence-electron chi connectivity index (χ2n) is 6.24. The Kier molecular flexibility index (Phi) is 4.38. The maximum Gasteiger partial charge on any atom is 0.225 e. The van der Waals surface area contributed by atoms with Crippen LogP contribution in [0.5, 0.6) is 0 Å². The van der Waals surface area contributed by atoms with E-state index in [1.165, 1.54) is 38.5 Å². The van der Waals surface area contributed by atoms with E-state index in [0.717, 1.165) is 32.2 Å². The van der Waals surface area contributed by atoms with E-state index in [9.17, 15) is 4.79 Å². The highest BCUT2D eigenvalue weighted by Gasteiger charge is 2.36. The Morgan fingerprint density at radius 2 is 2.05 bits per heavy atom. The fourth-order valence-electron chi connectivity index (χ4n) is 4.00. The molecule has 3 atom stereocenters. The highest BCUT2D eigenvalue weighted by atomic mass is 16.5. The van der Waals surface area contributed by atoms with Crippen LogP contribution >= 0.6 is 0 Å².